The number of aryl methyl sites for hydroxylation is 1. The number of hydrogen-bond donors (Lipinski definition) is 1. The molecule has 2 N–H and O–H groups in total. The minimum absolute atomic E-state index is 0.0723. The summed E-state index contributed by atoms with van der Waals surface area (Å²) >= 11 is 0. The molecular weight excluding hydrogens is 354 g/mol. The van der Waals surface area contributed by atoms with Gasteiger partial charge in [-0.3, -0.25) is 9.59 Å². The summed E-state index contributed by atoms with van der Waals surface area (Å²) in [6, 6.07) is 7.68. The third kappa shape index (κ3) is 2.97. The molecule has 0 saturated carbocycles. The lowest BCUT2D eigenvalue weighted by molar-refractivity contribution is -0.128. The predicted molar refractivity (Wildman–Crippen MR) is 106 cm³/mol. The van der Waals surface area contributed by atoms with Crippen LogP contribution in [0.15, 0.2) is 35.5 Å². The number of rotatable bonds is 4. The fourth-order valence-electron chi connectivity index (χ4n) is 4.11. The minimum Gasteiger partial charge on any atom is -0.366 e. The van der Waals surface area contributed by atoms with Gasteiger partial charge in [-0.1, -0.05) is 6.92 Å². The number of benzene rings is 1. The number of nitrogens with zero attached hydrogens (tertiary/aromatic N) is 4. The van der Waals surface area contributed by atoms with Gasteiger partial charge < -0.3 is 15.5 Å². The van der Waals surface area contributed by atoms with Crippen molar-refractivity contribution >= 4 is 28.4 Å². The highest BCUT2D eigenvalue weighted by atomic mass is 16.2. The van der Waals surface area contributed by atoms with Crippen molar-refractivity contribution in [2.45, 2.75) is 19.8 Å². The highest BCUT2D eigenvalue weighted by molar-refractivity contribution is 6.02. The summed E-state index contributed by atoms with van der Waals surface area (Å²) in [4.78, 5) is 32.3. The van der Waals surface area contributed by atoms with Gasteiger partial charge in [-0.15, -0.1) is 0 Å². The van der Waals surface area contributed by atoms with Gasteiger partial charge in [-0.25, -0.2) is 4.98 Å². The number of primary amides is 1. The van der Waals surface area contributed by atoms with Crippen molar-refractivity contribution in [3.05, 3.63) is 46.7 Å². The highest BCUT2D eigenvalue weighted by Crippen LogP contribution is 2.33. The maximum absolute atomic E-state index is 12.0. The van der Waals surface area contributed by atoms with Gasteiger partial charge in [0.15, 0.2) is 0 Å². The number of amides is 2. The van der Waals surface area contributed by atoms with Crippen molar-refractivity contribution in [1.82, 2.24) is 9.88 Å². The molecule has 0 saturated heterocycles. The highest BCUT2D eigenvalue weighted by Gasteiger charge is 2.33. The number of carbonyl (C=O) groups is 2. The minimum atomic E-state index is -0.416. The molecule has 0 atom stereocenters. The molecule has 0 radical (unpaired) electrons. The van der Waals surface area contributed by atoms with Gasteiger partial charge in [-0.2, -0.15) is 5.26 Å². The molecule has 2 amide bonds. The Kier molecular flexibility index (Phi) is 4.47. The van der Waals surface area contributed by atoms with Crippen LogP contribution in [-0.2, 0) is 11.2 Å². The first-order valence-corrected chi connectivity index (χ1v) is 9.32. The van der Waals surface area contributed by atoms with Crippen LogP contribution in [0.3, 0.4) is 0 Å². The van der Waals surface area contributed by atoms with Crippen LogP contribution in [0.25, 0.3) is 10.8 Å². The van der Waals surface area contributed by atoms with Crippen LogP contribution in [0.2, 0.25) is 0 Å². The van der Waals surface area contributed by atoms with Gasteiger partial charge in [0.1, 0.15) is 12.2 Å². The summed E-state index contributed by atoms with van der Waals surface area (Å²) < 4.78 is 0. The average Bonchev–Trinajstić information content (AvgIpc) is 3.25. The number of fused-ring (bicyclic) bond motifs is 1. The number of nitrogens with two attached hydrogens (primary N) is 1. The monoisotopic (exact) mass is 375 g/mol. The van der Waals surface area contributed by atoms with Crippen LogP contribution < -0.4 is 10.6 Å². The fourth-order valence-corrected chi connectivity index (χ4v) is 4.11. The molecule has 0 bridgehead atoms. The summed E-state index contributed by atoms with van der Waals surface area (Å²) in [5.41, 5.74) is 9.48. The number of hydrogen-bond acceptors (Lipinski definition) is 5. The maximum Gasteiger partial charge on any atom is 0.248 e. The van der Waals surface area contributed by atoms with Crippen molar-refractivity contribution in [1.29, 1.82) is 5.26 Å². The molecule has 7 heteroatoms. The summed E-state index contributed by atoms with van der Waals surface area (Å²) in [6.45, 7) is 4.61. The van der Waals surface area contributed by atoms with E-state index in [2.05, 4.69) is 9.88 Å². The number of carbonyl (C=O) groups excluding carboxylic acids is 2. The molecule has 3 heterocycles. The quantitative estimate of drug-likeness (QED) is 0.820. The molecule has 2 aromatic rings. The molecule has 1 aromatic heterocycles. The van der Waals surface area contributed by atoms with E-state index in [9.17, 15) is 9.59 Å². The Morgan fingerprint density at radius 1 is 1.21 bits per heavy atom. The van der Waals surface area contributed by atoms with Gasteiger partial charge >= 0.3 is 0 Å². The molecule has 0 spiro atoms. The van der Waals surface area contributed by atoms with Crippen LogP contribution >= 0.6 is 0 Å². The van der Waals surface area contributed by atoms with E-state index in [0.29, 0.717) is 25.1 Å². The third-order valence-corrected chi connectivity index (χ3v) is 5.52. The summed E-state index contributed by atoms with van der Waals surface area (Å²) in [6.07, 6.45) is 2.39. The van der Waals surface area contributed by atoms with Crippen molar-refractivity contribution in [2.75, 3.05) is 31.1 Å². The second-order valence-electron chi connectivity index (χ2n) is 7.23. The maximum atomic E-state index is 12.0. The van der Waals surface area contributed by atoms with E-state index in [1.54, 1.807) is 11.1 Å². The summed E-state index contributed by atoms with van der Waals surface area (Å²) in [5.74, 6) is 0.354. The molecule has 2 aliphatic rings. The average molecular weight is 375 g/mol. The lowest BCUT2D eigenvalue weighted by Gasteiger charge is -2.24. The van der Waals surface area contributed by atoms with Crippen molar-refractivity contribution in [3.63, 3.8) is 0 Å². The van der Waals surface area contributed by atoms with Crippen LogP contribution in [0.4, 0.5) is 5.82 Å². The molecule has 0 aliphatic carbocycles. The second kappa shape index (κ2) is 6.97. The van der Waals surface area contributed by atoms with E-state index < -0.39 is 5.91 Å². The second-order valence-corrected chi connectivity index (χ2v) is 7.23. The zero-order valence-corrected chi connectivity index (χ0v) is 15.7. The summed E-state index contributed by atoms with van der Waals surface area (Å²) in [7, 11) is 0. The van der Waals surface area contributed by atoms with Crippen molar-refractivity contribution in [3.8, 4) is 6.07 Å². The Labute approximate surface area is 163 Å². The molecule has 2 aliphatic heterocycles. The molecular formula is C21H21N5O2. The first kappa shape index (κ1) is 18.0. The largest absolute Gasteiger partial charge is 0.366 e. The Balaban J connectivity index is 1.61. The number of pyridine rings is 1. The Morgan fingerprint density at radius 3 is 2.54 bits per heavy atom. The lowest BCUT2D eigenvalue weighted by atomic mass is 9.99. The number of anilines is 1. The van der Waals surface area contributed by atoms with Crippen LogP contribution in [0.1, 0.15) is 29.3 Å². The summed E-state index contributed by atoms with van der Waals surface area (Å²) in [5, 5.41) is 10.7. The Morgan fingerprint density at radius 2 is 1.93 bits per heavy atom. The van der Waals surface area contributed by atoms with Gasteiger partial charge in [0.25, 0.3) is 0 Å². The molecule has 4 rings (SSSR count). The number of nitriles is 1. The fraction of sp³-hybridized carbons (Fsp3) is 0.333. The van der Waals surface area contributed by atoms with E-state index in [1.807, 2.05) is 31.2 Å². The number of aromatic nitrogens is 1. The van der Waals surface area contributed by atoms with E-state index in [-0.39, 0.29) is 12.3 Å². The lowest BCUT2D eigenvalue weighted by Crippen LogP contribution is -2.34. The molecule has 0 unspecified atom stereocenters. The van der Waals surface area contributed by atoms with Gasteiger partial charge in [0.05, 0.1) is 6.07 Å². The van der Waals surface area contributed by atoms with E-state index in [4.69, 9.17) is 11.0 Å². The Bertz CT molecular complexity index is 1050. The topological polar surface area (TPSA) is 103 Å². The van der Waals surface area contributed by atoms with Crippen LogP contribution in [-0.4, -0.2) is 47.9 Å². The van der Waals surface area contributed by atoms with Crippen molar-refractivity contribution in [2.24, 2.45) is 5.73 Å². The standard InChI is InChI=1S/C21H21N5O2/c1-2-13-7-18-14(8-17(13)20(23)28)4-6-24-21(18)26-11-15-9-25(10-16(15)12-26)19(27)3-5-22/h4,6-8H,2-3,9-12H2,1H3,(H2,23,28). The molecule has 28 heavy (non-hydrogen) atoms. The predicted octanol–water partition coefficient (Wildman–Crippen LogP) is 1.77. The van der Waals surface area contributed by atoms with Gasteiger partial charge in [-0.05, 0) is 46.7 Å². The molecule has 1 aromatic carbocycles. The van der Waals surface area contributed by atoms with Crippen molar-refractivity contribution < 1.29 is 9.59 Å². The molecule has 0 fully saturated rings. The zero-order chi connectivity index (χ0) is 19.8. The van der Waals surface area contributed by atoms with Gasteiger partial charge in [0.2, 0.25) is 11.8 Å². The first-order chi connectivity index (χ1) is 13.5. The normalized spacial score (nSPS) is 15.9. The third-order valence-electron chi connectivity index (χ3n) is 5.52. The molecule has 7 nitrogen and oxygen atoms in total. The Hall–Kier alpha value is -3.40. The smallest absolute Gasteiger partial charge is 0.248 e. The SMILES string of the molecule is CCc1cc2c(N3CC4=C(CN(C(=O)CC#N)C4)C3)nccc2cc1C(N)=O. The van der Waals surface area contributed by atoms with Gasteiger partial charge in [0, 0.05) is 43.3 Å². The zero-order valence-electron chi connectivity index (χ0n) is 15.7. The van der Waals surface area contributed by atoms with E-state index >= 15 is 0 Å². The van der Waals surface area contributed by atoms with E-state index in [0.717, 1.165) is 35.2 Å². The van der Waals surface area contributed by atoms with E-state index in [1.165, 1.54) is 11.1 Å². The first-order valence-electron chi connectivity index (χ1n) is 9.32. The molecule has 142 valence electrons. The van der Waals surface area contributed by atoms with Crippen LogP contribution in [0.5, 0.6) is 0 Å². The van der Waals surface area contributed by atoms with Crippen LogP contribution in [0, 0.1) is 11.3 Å².